The molecule has 0 heterocycles. The van der Waals surface area contributed by atoms with E-state index in [0.717, 1.165) is 24.7 Å². The molecule has 0 atom stereocenters. The Morgan fingerprint density at radius 1 is 1.15 bits per heavy atom. The summed E-state index contributed by atoms with van der Waals surface area (Å²) in [6.45, 7) is 2.37. The van der Waals surface area contributed by atoms with Gasteiger partial charge in [-0.25, -0.2) is 0 Å². The van der Waals surface area contributed by atoms with E-state index < -0.39 is 0 Å². The van der Waals surface area contributed by atoms with Crippen LogP contribution in [0, 0.1) is 0 Å². The Labute approximate surface area is 129 Å². The molecule has 2 aromatic carbocycles. The molecule has 0 unspecified atom stereocenters. The highest BCUT2D eigenvalue weighted by atomic mass is 35.5. The number of hydrogen-bond donors (Lipinski definition) is 1. The van der Waals surface area contributed by atoms with E-state index in [4.69, 9.17) is 16.3 Å². The lowest BCUT2D eigenvalue weighted by atomic mass is 10.2. The summed E-state index contributed by atoms with van der Waals surface area (Å²) in [5.74, 6) is 0. The number of benzene rings is 2. The van der Waals surface area contributed by atoms with Crippen LogP contribution in [0.1, 0.15) is 5.56 Å². The normalized spacial score (nSPS) is 10.7. The predicted molar refractivity (Wildman–Crippen MR) is 85.6 cm³/mol. The molecule has 4 heteroatoms. The van der Waals surface area contributed by atoms with Crippen LogP contribution in [0.4, 0.5) is 0 Å². The standard InChI is InChI=1S/C16H18ClNOS/c1-19-10-9-18-12-13-7-8-14(17)11-16(13)20-15-5-3-2-4-6-15/h2-8,11,18H,9-10,12H2,1H3. The summed E-state index contributed by atoms with van der Waals surface area (Å²) in [7, 11) is 1.71. The fourth-order valence-corrected chi connectivity index (χ4v) is 3.02. The Bertz CT molecular complexity index is 533. The highest BCUT2D eigenvalue weighted by Crippen LogP contribution is 2.32. The maximum absolute atomic E-state index is 6.11. The molecule has 2 rings (SSSR count). The number of hydrogen-bond acceptors (Lipinski definition) is 3. The van der Waals surface area contributed by atoms with Gasteiger partial charge in [0.15, 0.2) is 0 Å². The molecule has 0 aliphatic rings. The Hall–Kier alpha value is -1.00. The highest BCUT2D eigenvalue weighted by Gasteiger charge is 2.05. The van der Waals surface area contributed by atoms with Crippen LogP contribution in [0.15, 0.2) is 58.3 Å². The largest absolute Gasteiger partial charge is 0.383 e. The van der Waals surface area contributed by atoms with E-state index in [9.17, 15) is 0 Å². The molecule has 106 valence electrons. The maximum Gasteiger partial charge on any atom is 0.0587 e. The summed E-state index contributed by atoms with van der Waals surface area (Å²) in [6, 6.07) is 16.4. The Morgan fingerprint density at radius 3 is 2.70 bits per heavy atom. The predicted octanol–water partition coefficient (Wildman–Crippen LogP) is 4.23. The van der Waals surface area contributed by atoms with Gasteiger partial charge in [-0.1, -0.05) is 47.6 Å². The molecular formula is C16H18ClNOS. The van der Waals surface area contributed by atoms with Crippen LogP contribution in [0.2, 0.25) is 5.02 Å². The molecule has 0 fully saturated rings. The molecule has 2 aromatic rings. The fraction of sp³-hybridized carbons (Fsp3) is 0.250. The van der Waals surface area contributed by atoms with Crippen LogP contribution >= 0.6 is 23.4 Å². The monoisotopic (exact) mass is 307 g/mol. The van der Waals surface area contributed by atoms with Crippen molar-refractivity contribution in [2.45, 2.75) is 16.3 Å². The van der Waals surface area contributed by atoms with Crippen molar-refractivity contribution in [2.75, 3.05) is 20.3 Å². The Kier molecular flexibility index (Phi) is 6.40. The molecule has 20 heavy (non-hydrogen) atoms. The van der Waals surface area contributed by atoms with Crippen LogP contribution in [0.5, 0.6) is 0 Å². The molecule has 2 nitrogen and oxygen atoms in total. The molecule has 0 spiro atoms. The van der Waals surface area contributed by atoms with Crippen LogP contribution in [-0.2, 0) is 11.3 Å². The third kappa shape index (κ3) is 4.84. The van der Waals surface area contributed by atoms with Crippen molar-refractivity contribution in [3.8, 4) is 0 Å². The second-order valence-corrected chi connectivity index (χ2v) is 5.89. The van der Waals surface area contributed by atoms with Gasteiger partial charge in [-0.2, -0.15) is 0 Å². The summed E-state index contributed by atoms with van der Waals surface area (Å²) < 4.78 is 5.04. The minimum atomic E-state index is 0.717. The van der Waals surface area contributed by atoms with E-state index in [1.165, 1.54) is 15.4 Å². The number of rotatable bonds is 7. The van der Waals surface area contributed by atoms with Gasteiger partial charge in [0.05, 0.1) is 6.61 Å². The van der Waals surface area contributed by atoms with Crippen molar-refractivity contribution in [3.63, 3.8) is 0 Å². The minimum Gasteiger partial charge on any atom is -0.383 e. The fourth-order valence-electron chi connectivity index (χ4n) is 1.78. The molecule has 0 saturated heterocycles. The first kappa shape index (κ1) is 15.4. The van der Waals surface area contributed by atoms with E-state index >= 15 is 0 Å². The lowest BCUT2D eigenvalue weighted by Gasteiger charge is -2.11. The van der Waals surface area contributed by atoms with Crippen LogP contribution in [0.3, 0.4) is 0 Å². The summed E-state index contributed by atoms with van der Waals surface area (Å²) in [5, 5.41) is 4.13. The minimum absolute atomic E-state index is 0.717. The van der Waals surface area contributed by atoms with Crippen molar-refractivity contribution in [3.05, 3.63) is 59.1 Å². The number of halogens is 1. The molecule has 0 aliphatic carbocycles. The van der Waals surface area contributed by atoms with Crippen LogP contribution in [-0.4, -0.2) is 20.3 Å². The van der Waals surface area contributed by atoms with Crippen molar-refractivity contribution in [1.29, 1.82) is 0 Å². The highest BCUT2D eigenvalue weighted by molar-refractivity contribution is 7.99. The molecule has 0 bridgehead atoms. The molecule has 0 aliphatic heterocycles. The van der Waals surface area contributed by atoms with Gasteiger partial charge in [-0.3, -0.25) is 0 Å². The zero-order chi connectivity index (χ0) is 14.2. The third-order valence-corrected chi connectivity index (χ3v) is 4.14. The first-order valence-corrected chi connectivity index (χ1v) is 7.70. The zero-order valence-corrected chi connectivity index (χ0v) is 13.0. The van der Waals surface area contributed by atoms with E-state index in [1.54, 1.807) is 18.9 Å². The van der Waals surface area contributed by atoms with Crippen molar-refractivity contribution >= 4 is 23.4 Å². The third-order valence-electron chi connectivity index (χ3n) is 2.80. The van der Waals surface area contributed by atoms with Gasteiger partial charge in [0, 0.05) is 35.0 Å². The van der Waals surface area contributed by atoms with Crippen LogP contribution in [0.25, 0.3) is 0 Å². The average Bonchev–Trinajstić information content (AvgIpc) is 2.47. The summed E-state index contributed by atoms with van der Waals surface area (Å²) >= 11 is 7.85. The summed E-state index contributed by atoms with van der Waals surface area (Å²) in [5.41, 5.74) is 1.25. The molecular weight excluding hydrogens is 290 g/mol. The van der Waals surface area contributed by atoms with Gasteiger partial charge in [0.1, 0.15) is 0 Å². The van der Waals surface area contributed by atoms with Crippen molar-refractivity contribution in [1.82, 2.24) is 5.32 Å². The lowest BCUT2D eigenvalue weighted by molar-refractivity contribution is 0.199. The summed E-state index contributed by atoms with van der Waals surface area (Å²) in [4.78, 5) is 2.40. The molecule has 0 saturated carbocycles. The van der Waals surface area contributed by atoms with Gasteiger partial charge < -0.3 is 10.1 Å². The Morgan fingerprint density at radius 2 is 1.95 bits per heavy atom. The molecule has 0 amide bonds. The van der Waals surface area contributed by atoms with Gasteiger partial charge in [-0.05, 0) is 29.8 Å². The van der Waals surface area contributed by atoms with Crippen molar-refractivity contribution < 1.29 is 4.74 Å². The van der Waals surface area contributed by atoms with Gasteiger partial charge in [0.2, 0.25) is 0 Å². The lowest BCUT2D eigenvalue weighted by Crippen LogP contribution is -2.18. The second-order valence-electron chi connectivity index (χ2n) is 4.34. The molecule has 1 N–H and O–H groups in total. The first-order valence-electron chi connectivity index (χ1n) is 6.50. The Balaban J connectivity index is 2.07. The van der Waals surface area contributed by atoms with Crippen LogP contribution < -0.4 is 5.32 Å². The second kappa shape index (κ2) is 8.32. The smallest absolute Gasteiger partial charge is 0.0587 e. The van der Waals surface area contributed by atoms with Gasteiger partial charge >= 0.3 is 0 Å². The van der Waals surface area contributed by atoms with Gasteiger partial charge in [-0.15, -0.1) is 0 Å². The zero-order valence-electron chi connectivity index (χ0n) is 11.4. The van der Waals surface area contributed by atoms with E-state index in [2.05, 4.69) is 23.5 Å². The number of nitrogens with one attached hydrogen (secondary N) is 1. The first-order chi connectivity index (χ1) is 9.79. The molecule has 0 radical (unpaired) electrons. The van der Waals surface area contributed by atoms with E-state index in [1.807, 2.05) is 30.3 Å². The maximum atomic E-state index is 6.11. The van der Waals surface area contributed by atoms with E-state index in [-0.39, 0.29) is 0 Å². The van der Waals surface area contributed by atoms with E-state index in [0.29, 0.717) is 0 Å². The SMILES string of the molecule is COCCNCc1ccc(Cl)cc1Sc1ccccc1. The number of methoxy groups -OCH3 is 1. The number of ether oxygens (including phenoxy) is 1. The average molecular weight is 308 g/mol. The van der Waals surface area contributed by atoms with Crippen molar-refractivity contribution in [2.24, 2.45) is 0 Å². The topological polar surface area (TPSA) is 21.3 Å². The molecule has 0 aromatic heterocycles. The van der Waals surface area contributed by atoms with Gasteiger partial charge in [0.25, 0.3) is 0 Å². The summed E-state index contributed by atoms with van der Waals surface area (Å²) in [6.07, 6.45) is 0. The quantitative estimate of drug-likeness (QED) is 0.774.